The molecule has 0 bridgehead atoms. The highest BCUT2D eigenvalue weighted by atomic mass is 35.5. The van der Waals surface area contributed by atoms with Gasteiger partial charge in [0.15, 0.2) is 11.5 Å². The van der Waals surface area contributed by atoms with Crippen molar-refractivity contribution in [3.8, 4) is 11.5 Å². The summed E-state index contributed by atoms with van der Waals surface area (Å²) in [5.41, 5.74) is 4.47. The maximum atomic E-state index is 12.0. The van der Waals surface area contributed by atoms with Gasteiger partial charge in [-0.25, -0.2) is 5.43 Å². The van der Waals surface area contributed by atoms with E-state index in [1.807, 2.05) is 49.4 Å². The summed E-state index contributed by atoms with van der Waals surface area (Å²) in [6.07, 6.45) is 13.2. The molecule has 0 aromatic heterocycles. The summed E-state index contributed by atoms with van der Waals surface area (Å²) in [7, 11) is 0. The smallest absolute Gasteiger partial charge is 0.240 e. The van der Waals surface area contributed by atoms with Gasteiger partial charge in [-0.15, -0.1) is 0 Å². The van der Waals surface area contributed by atoms with Crippen LogP contribution in [0, 0.1) is 0 Å². The average molecular weight is 487 g/mol. The molecule has 34 heavy (non-hydrogen) atoms. The standard InChI is InChI=1S/C28H39ClN2O3/c1-3-5-6-7-8-9-10-11-12-13-28(32)31-30-21-24-16-19-26(27(20-24)33-4-2)34-22-23-14-17-25(29)18-15-23/h14-21H,3-13,22H2,1-2H3,(H,31,32). The third kappa shape index (κ3) is 11.6. The van der Waals surface area contributed by atoms with Crippen molar-refractivity contribution < 1.29 is 14.3 Å². The van der Waals surface area contributed by atoms with Crippen LogP contribution in [0.4, 0.5) is 0 Å². The molecule has 5 nitrogen and oxygen atoms in total. The Kier molecular flexibility index (Phi) is 13.8. The number of unbranched alkanes of at least 4 members (excludes halogenated alkanes) is 8. The van der Waals surface area contributed by atoms with Gasteiger partial charge in [-0.05, 0) is 54.8 Å². The molecular weight excluding hydrogens is 448 g/mol. The van der Waals surface area contributed by atoms with E-state index in [-0.39, 0.29) is 5.91 Å². The first-order valence-electron chi connectivity index (χ1n) is 12.6. The molecular formula is C28H39ClN2O3. The Hall–Kier alpha value is -2.53. The molecule has 0 saturated carbocycles. The Balaban J connectivity index is 1.72. The molecule has 0 radical (unpaired) electrons. The van der Waals surface area contributed by atoms with Crippen LogP contribution in [0.2, 0.25) is 5.02 Å². The van der Waals surface area contributed by atoms with Crippen LogP contribution in [0.25, 0.3) is 0 Å². The number of hydrogen-bond donors (Lipinski definition) is 1. The fraction of sp³-hybridized carbons (Fsp3) is 0.500. The first-order chi connectivity index (χ1) is 16.6. The van der Waals surface area contributed by atoms with Crippen LogP contribution >= 0.6 is 11.6 Å². The molecule has 0 heterocycles. The summed E-state index contributed by atoms with van der Waals surface area (Å²) >= 11 is 5.94. The molecule has 0 aliphatic heterocycles. The number of halogens is 1. The van der Waals surface area contributed by atoms with Crippen molar-refractivity contribution in [1.29, 1.82) is 0 Å². The highest BCUT2D eigenvalue weighted by molar-refractivity contribution is 6.30. The number of hydrazone groups is 1. The molecule has 2 rings (SSSR count). The first kappa shape index (κ1) is 27.7. The largest absolute Gasteiger partial charge is 0.490 e. The molecule has 0 atom stereocenters. The fourth-order valence-corrected chi connectivity index (χ4v) is 3.69. The van der Waals surface area contributed by atoms with E-state index in [0.717, 1.165) is 24.0 Å². The highest BCUT2D eigenvalue weighted by Crippen LogP contribution is 2.29. The van der Waals surface area contributed by atoms with E-state index >= 15 is 0 Å². The third-order valence-corrected chi connectivity index (χ3v) is 5.74. The SMILES string of the molecule is CCCCCCCCCCCC(=O)NN=Cc1ccc(OCc2ccc(Cl)cc2)c(OCC)c1. The number of rotatable bonds is 17. The van der Waals surface area contributed by atoms with Gasteiger partial charge in [-0.2, -0.15) is 5.10 Å². The normalized spacial score (nSPS) is 11.0. The fourth-order valence-electron chi connectivity index (χ4n) is 3.57. The minimum atomic E-state index is -0.0489. The molecule has 0 spiro atoms. The predicted octanol–water partition coefficient (Wildman–Crippen LogP) is 7.69. The molecule has 6 heteroatoms. The Morgan fingerprint density at radius 2 is 1.56 bits per heavy atom. The Morgan fingerprint density at radius 1 is 0.882 bits per heavy atom. The van der Waals surface area contributed by atoms with Crippen LogP contribution in [0.3, 0.4) is 0 Å². The molecule has 0 aliphatic rings. The average Bonchev–Trinajstić information content (AvgIpc) is 2.84. The second kappa shape index (κ2) is 17.0. The van der Waals surface area contributed by atoms with E-state index in [1.54, 1.807) is 6.21 Å². The monoisotopic (exact) mass is 486 g/mol. The lowest BCUT2D eigenvalue weighted by Crippen LogP contribution is -2.16. The number of nitrogens with zero attached hydrogens (tertiary/aromatic N) is 1. The van der Waals surface area contributed by atoms with Crippen molar-refractivity contribution in [3.05, 3.63) is 58.6 Å². The van der Waals surface area contributed by atoms with Crippen molar-refractivity contribution in [2.45, 2.75) is 84.7 Å². The molecule has 0 fully saturated rings. The third-order valence-electron chi connectivity index (χ3n) is 5.49. The zero-order valence-electron chi connectivity index (χ0n) is 20.7. The van der Waals surface area contributed by atoms with Gasteiger partial charge in [0.2, 0.25) is 5.91 Å². The number of nitrogens with one attached hydrogen (secondary N) is 1. The summed E-state index contributed by atoms with van der Waals surface area (Å²) in [4.78, 5) is 12.0. The van der Waals surface area contributed by atoms with Crippen molar-refractivity contribution in [1.82, 2.24) is 5.43 Å². The lowest BCUT2D eigenvalue weighted by molar-refractivity contribution is -0.121. The predicted molar refractivity (Wildman–Crippen MR) is 141 cm³/mol. The minimum Gasteiger partial charge on any atom is -0.490 e. The Bertz CT molecular complexity index is 868. The number of carbonyl (C=O) groups is 1. The molecule has 186 valence electrons. The van der Waals surface area contributed by atoms with Gasteiger partial charge in [0.1, 0.15) is 6.61 Å². The topological polar surface area (TPSA) is 59.9 Å². The molecule has 1 N–H and O–H groups in total. The molecule has 2 aromatic rings. The van der Waals surface area contributed by atoms with E-state index in [0.29, 0.717) is 36.2 Å². The van der Waals surface area contributed by atoms with Crippen LogP contribution in [0.5, 0.6) is 11.5 Å². The van der Waals surface area contributed by atoms with E-state index < -0.39 is 0 Å². The van der Waals surface area contributed by atoms with Gasteiger partial charge in [0, 0.05) is 11.4 Å². The summed E-state index contributed by atoms with van der Waals surface area (Å²) in [6.45, 7) is 5.10. The zero-order valence-corrected chi connectivity index (χ0v) is 21.4. The van der Waals surface area contributed by atoms with Gasteiger partial charge < -0.3 is 9.47 Å². The maximum absolute atomic E-state index is 12.0. The summed E-state index contributed by atoms with van der Waals surface area (Å²) in [5, 5.41) is 4.79. The molecule has 0 unspecified atom stereocenters. The summed E-state index contributed by atoms with van der Waals surface area (Å²) in [5.74, 6) is 1.25. The van der Waals surface area contributed by atoms with Gasteiger partial charge in [-0.1, -0.05) is 82.0 Å². The van der Waals surface area contributed by atoms with Gasteiger partial charge in [0.25, 0.3) is 0 Å². The lowest BCUT2D eigenvalue weighted by atomic mass is 10.1. The first-order valence-corrected chi connectivity index (χ1v) is 13.0. The Morgan fingerprint density at radius 3 is 2.24 bits per heavy atom. The number of amides is 1. The van der Waals surface area contributed by atoms with Crippen molar-refractivity contribution >= 4 is 23.7 Å². The van der Waals surface area contributed by atoms with E-state index in [2.05, 4.69) is 17.5 Å². The highest BCUT2D eigenvalue weighted by Gasteiger charge is 2.07. The summed E-state index contributed by atoms with van der Waals surface area (Å²) < 4.78 is 11.7. The van der Waals surface area contributed by atoms with Crippen molar-refractivity contribution in [2.24, 2.45) is 5.10 Å². The number of benzene rings is 2. The Labute approximate surface area is 209 Å². The van der Waals surface area contributed by atoms with E-state index in [9.17, 15) is 4.79 Å². The minimum absolute atomic E-state index is 0.0489. The maximum Gasteiger partial charge on any atom is 0.240 e. The molecule has 0 saturated heterocycles. The number of ether oxygens (including phenoxy) is 2. The zero-order chi connectivity index (χ0) is 24.4. The van der Waals surface area contributed by atoms with Crippen LogP contribution in [0.15, 0.2) is 47.6 Å². The van der Waals surface area contributed by atoms with E-state index in [4.69, 9.17) is 21.1 Å². The number of carbonyl (C=O) groups excluding carboxylic acids is 1. The quantitative estimate of drug-likeness (QED) is 0.141. The van der Waals surface area contributed by atoms with Crippen molar-refractivity contribution in [3.63, 3.8) is 0 Å². The molecule has 1 amide bonds. The van der Waals surface area contributed by atoms with Crippen LogP contribution in [-0.2, 0) is 11.4 Å². The summed E-state index contributed by atoms with van der Waals surface area (Å²) in [6, 6.07) is 13.1. The number of hydrogen-bond acceptors (Lipinski definition) is 4. The van der Waals surface area contributed by atoms with Crippen molar-refractivity contribution in [2.75, 3.05) is 6.61 Å². The lowest BCUT2D eigenvalue weighted by Gasteiger charge is -2.12. The molecule has 2 aromatic carbocycles. The van der Waals surface area contributed by atoms with Crippen LogP contribution < -0.4 is 14.9 Å². The van der Waals surface area contributed by atoms with Crippen LogP contribution in [-0.4, -0.2) is 18.7 Å². The van der Waals surface area contributed by atoms with Gasteiger partial charge in [-0.3, -0.25) is 4.79 Å². The van der Waals surface area contributed by atoms with Gasteiger partial charge in [0.05, 0.1) is 12.8 Å². The molecule has 0 aliphatic carbocycles. The second-order valence-electron chi connectivity index (χ2n) is 8.43. The van der Waals surface area contributed by atoms with Crippen LogP contribution in [0.1, 0.15) is 89.2 Å². The van der Waals surface area contributed by atoms with Gasteiger partial charge >= 0.3 is 0 Å². The van der Waals surface area contributed by atoms with E-state index in [1.165, 1.54) is 44.9 Å². The second-order valence-corrected chi connectivity index (χ2v) is 8.86.